The van der Waals surface area contributed by atoms with Gasteiger partial charge in [0.25, 0.3) is 6.47 Å². The molecule has 0 atom stereocenters. The second-order valence-electron chi connectivity index (χ2n) is 2.49. The van der Waals surface area contributed by atoms with E-state index in [1.165, 1.54) is 0 Å². The second kappa shape index (κ2) is 3.18. The van der Waals surface area contributed by atoms with E-state index < -0.39 is 0 Å². The van der Waals surface area contributed by atoms with Gasteiger partial charge in [-0.1, -0.05) is 0 Å². The average Bonchev–Trinajstić information content (AvgIpc) is 2.18. The first kappa shape index (κ1) is 7.67. The van der Waals surface area contributed by atoms with E-state index in [1.807, 2.05) is 6.07 Å². The van der Waals surface area contributed by atoms with Gasteiger partial charge >= 0.3 is 0 Å². The van der Waals surface area contributed by atoms with E-state index in [0.717, 1.165) is 10.8 Å². The topological polar surface area (TPSA) is 52.1 Å². The van der Waals surface area contributed by atoms with E-state index in [0.29, 0.717) is 12.2 Å². The third-order valence-corrected chi connectivity index (χ3v) is 1.70. The largest absolute Gasteiger partial charge is 0.429 e. The van der Waals surface area contributed by atoms with Crippen molar-refractivity contribution in [1.29, 1.82) is 0 Å². The van der Waals surface area contributed by atoms with Crippen LogP contribution in [0.2, 0.25) is 0 Å². The predicted molar refractivity (Wildman–Crippen MR) is 46.2 cm³/mol. The summed E-state index contributed by atoms with van der Waals surface area (Å²) in [7, 11) is 0. The third-order valence-electron chi connectivity index (χ3n) is 1.70. The van der Waals surface area contributed by atoms with Crippen LogP contribution in [0, 0.1) is 0 Å². The fourth-order valence-electron chi connectivity index (χ4n) is 1.10. The van der Waals surface area contributed by atoms with E-state index in [2.05, 4.69) is 14.9 Å². The Labute approximate surface area is 74.2 Å². The lowest BCUT2D eigenvalue weighted by Gasteiger charge is -1.98. The van der Waals surface area contributed by atoms with E-state index in [4.69, 9.17) is 0 Å². The lowest BCUT2D eigenvalue weighted by Crippen LogP contribution is -1.88. The molecule has 0 saturated carbocycles. The number of carbonyl (C=O) groups excluding carboxylic acids is 1. The molecule has 2 rings (SSSR count). The van der Waals surface area contributed by atoms with Gasteiger partial charge in [-0.25, -0.2) is 0 Å². The number of hydrogen-bond acceptors (Lipinski definition) is 4. The second-order valence-corrected chi connectivity index (χ2v) is 2.49. The average molecular weight is 174 g/mol. The standard InChI is InChI=1S/C9H6N2O2/c12-6-13-9-2-1-7-4-10-11-5-8(7)3-9/h1-6H. The molecule has 4 nitrogen and oxygen atoms in total. The van der Waals surface area contributed by atoms with Crippen molar-refractivity contribution in [3.05, 3.63) is 30.6 Å². The van der Waals surface area contributed by atoms with E-state index in [-0.39, 0.29) is 0 Å². The van der Waals surface area contributed by atoms with Crippen molar-refractivity contribution < 1.29 is 9.53 Å². The Kier molecular flexibility index (Phi) is 1.88. The minimum Gasteiger partial charge on any atom is -0.429 e. The summed E-state index contributed by atoms with van der Waals surface area (Å²) in [4.78, 5) is 10.1. The first-order valence-corrected chi connectivity index (χ1v) is 3.71. The first-order valence-electron chi connectivity index (χ1n) is 3.71. The molecule has 0 fully saturated rings. The summed E-state index contributed by atoms with van der Waals surface area (Å²) in [5, 5.41) is 9.31. The number of ether oxygens (including phenoxy) is 1. The SMILES string of the molecule is O=COc1ccc2cnncc2c1. The summed E-state index contributed by atoms with van der Waals surface area (Å²) in [5.74, 6) is 0.510. The Morgan fingerprint density at radius 2 is 1.92 bits per heavy atom. The molecule has 4 heteroatoms. The van der Waals surface area contributed by atoms with Crippen LogP contribution < -0.4 is 4.74 Å². The van der Waals surface area contributed by atoms with Gasteiger partial charge in [0.2, 0.25) is 0 Å². The lowest BCUT2D eigenvalue weighted by molar-refractivity contribution is -0.120. The van der Waals surface area contributed by atoms with Crippen LogP contribution in [-0.2, 0) is 4.79 Å². The van der Waals surface area contributed by atoms with Crippen molar-refractivity contribution in [2.75, 3.05) is 0 Å². The minimum atomic E-state index is 0.399. The zero-order chi connectivity index (χ0) is 9.10. The molecule has 0 amide bonds. The van der Waals surface area contributed by atoms with E-state index in [9.17, 15) is 4.79 Å². The van der Waals surface area contributed by atoms with Crippen molar-refractivity contribution in [2.24, 2.45) is 0 Å². The van der Waals surface area contributed by atoms with Crippen LogP contribution in [0.3, 0.4) is 0 Å². The number of hydrogen-bond donors (Lipinski definition) is 0. The summed E-state index contributed by atoms with van der Waals surface area (Å²) in [6.45, 7) is 0.399. The Morgan fingerprint density at radius 1 is 1.15 bits per heavy atom. The maximum absolute atomic E-state index is 10.1. The first-order chi connectivity index (χ1) is 6.40. The molecule has 0 aliphatic carbocycles. The minimum absolute atomic E-state index is 0.399. The zero-order valence-electron chi connectivity index (χ0n) is 6.68. The van der Waals surface area contributed by atoms with Gasteiger partial charge < -0.3 is 4.74 Å². The van der Waals surface area contributed by atoms with Gasteiger partial charge in [0.1, 0.15) is 5.75 Å². The van der Waals surface area contributed by atoms with Crippen LogP contribution in [0.15, 0.2) is 30.6 Å². The number of fused-ring (bicyclic) bond motifs is 1. The molecule has 0 N–H and O–H groups in total. The molecule has 1 aromatic heterocycles. The summed E-state index contributed by atoms with van der Waals surface area (Å²) in [5.41, 5.74) is 0. The summed E-state index contributed by atoms with van der Waals surface area (Å²) in [6, 6.07) is 5.26. The third kappa shape index (κ3) is 1.46. The Balaban J connectivity index is 2.55. The predicted octanol–water partition coefficient (Wildman–Crippen LogP) is 1.16. The summed E-state index contributed by atoms with van der Waals surface area (Å²) >= 11 is 0. The number of aromatic nitrogens is 2. The van der Waals surface area contributed by atoms with E-state index in [1.54, 1.807) is 24.5 Å². The Hall–Kier alpha value is -1.97. The normalized spacial score (nSPS) is 9.85. The van der Waals surface area contributed by atoms with Crippen LogP contribution in [-0.4, -0.2) is 16.7 Å². The maximum Gasteiger partial charge on any atom is 0.298 e. The van der Waals surface area contributed by atoms with Crippen LogP contribution in [0.4, 0.5) is 0 Å². The number of benzene rings is 1. The molecule has 0 radical (unpaired) electrons. The van der Waals surface area contributed by atoms with Crippen molar-refractivity contribution >= 4 is 17.2 Å². The molecule has 1 aromatic carbocycles. The lowest BCUT2D eigenvalue weighted by atomic mass is 10.2. The number of nitrogens with zero attached hydrogens (tertiary/aromatic N) is 2. The molecule has 0 bridgehead atoms. The Bertz CT molecular complexity index is 442. The van der Waals surface area contributed by atoms with Crippen molar-refractivity contribution in [2.45, 2.75) is 0 Å². The monoisotopic (exact) mass is 174 g/mol. The summed E-state index contributed by atoms with van der Waals surface area (Å²) < 4.78 is 4.69. The number of rotatable bonds is 2. The van der Waals surface area contributed by atoms with Crippen molar-refractivity contribution in [1.82, 2.24) is 10.2 Å². The van der Waals surface area contributed by atoms with Crippen LogP contribution >= 0.6 is 0 Å². The molecular weight excluding hydrogens is 168 g/mol. The van der Waals surface area contributed by atoms with Gasteiger partial charge in [-0.05, 0) is 18.2 Å². The molecule has 2 aromatic rings. The van der Waals surface area contributed by atoms with Crippen LogP contribution in [0.1, 0.15) is 0 Å². The van der Waals surface area contributed by atoms with Gasteiger partial charge in [-0.2, -0.15) is 10.2 Å². The molecule has 13 heavy (non-hydrogen) atoms. The van der Waals surface area contributed by atoms with Gasteiger partial charge in [0, 0.05) is 10.8 Å². The quantitative estimate of drug-likeness (QED) is 0.641. The molecule has 64 valence electrons. The fourth-order valence-corrected chi connectivity index (χ4v) is 1.10. The fraction of sp³-hybridized carbons (Fsp3) is 0. The van der Waals surface area contributed by atoms with Crippen LogP contribution in [0.5, 0.6) is 5.75 Å². The van der Waals surface area contributed by atoms with Crippen molar-refractivity contribution in [3.8, 4) is 5.75 Å². The van der Waals surface area contributed by atoms with Gasteiger partial charge in [0.05, 0.1) is 12.4 Å². The molecule has 0 saturated heterocycles. The van der Waals surface area contributed by atoms with Gasteiger partial charge in [-0.15, -0.1) is 0 Å². The highest BCUT2D eigenvalue weighted by Gasteiger charge is 1.96. The van der Waals surface area contributed by atoms with Crippen molar-refractivity contribution in [3.63, 3.8) is 0 Å². The maximum atomic E-state index is 10.1. The van der Waals surface area contributed by atoms with Gasteiger partial charge in [0.15, 0.2) is 0 Å². The van der Waals surface area contributed by atoms with E-state index >= 15 is 0 Å². The molecular formula is C9H6N2O2. The summed E-state index contributed by atoms with van der Waals surface area (Å²) in [6.07, 6.45) is 3.27. The molecule has 0 spiro atoms. The van der Waals surface area contributed by atoms with Gasteiger partial charge in [-0.3, -0.25) is 4.79 Å². The molecule has 0 unspecified atom stereocenters. The zero-order valence-corrected chi connectivity index (χ0v) is 6.68. The highest BCUT2D eigenvalue weighted by atomic mass is 16.5. The van der Waals surface area contributed by atoms with Crippen LogP contribution in [0.25, 0.3) is 10.8 Å². The highest BCUT2D eigenvalue weighted by Crippen LogP contribution is 2.18. The molecule has 1 heterocycles. The smallest absolute Gasteiger partial charge is 0.298 e. The number of carbonyl (C=O) groups is 1. The molecule has 0 aliphatic rings. The molecule has 0 aliphatic heterocycles. The highest BCUT2D eigenvalue weighted by molar-refractivity contribution is 5.82. The Morgan fingerprint density at radius 3 is 2.69 bits per heavy atom.